The smallest absolute Gasteiger partial charge is 0.408 e. The van der Waals surface area contributed by atoms with E-state index >= 15 is 0 Å². The molecule has 1 aromatic rings. The number of carbonyl (C=O) groups is 3. The summed E-state index contributed by atoms with van der Waals surface area (Å²) >= 11 is 0. The number of hydrogen-bond donors (Lipinski definition) is 1. The maximum absolute atomic E-state index is 13.8. The molecule has 4 aliphatic rings. The molecule has 0 radical (unpaired) electrons. The van der Waals surface area contributed by atoms with Crippen molar-refractivity contribution in [3.8, 4) is 11.5 Å². The number of nitrogens with one attached hydrogen (secondary N) is 1. The first kappa shape index (κ1) is 29.5. The number of fused-ring (bicyclic) bond motifs is 4. The van der Waals surface area contributed by atoms with Crippen LogP contribution in [0.5, 0.6) is 11.5 Å². The summed E-state index contributed by atoms with van der Waals surface area (Å²) in [6.07, 6.45) is 2.32. The number of para-hydroxylation sites is 1. The standard InChI is InChI=1S/C31H45N3O7/c1-18(32-29(37)41-30(2,3)4)27(35)34-14-9-11-22(34)28(36)33-15-13-23-19(17-33)16-21-25(39-23)20-10-8-12-24(38-7)26(20)40-31(21,5)6/h8,10,12,18-19,21-23,25H,9,11,13-17H2,1-7H3,(H,32,37)/t18-,19+,21-,22+,23-,25+/m1/s1. The van der Waals surface area contributed by atoms with E-state index in [4.69, 9.17) is 18.9 Å². The van der Waals surface area contributed by atoms with Crippen molar-refractivity contribution >= 4 is 17.9 Å². The summed E-state index contributed by atoms with van der Waals surface area (Å²) in [7, 11) is 1.65. The zero-order valence-corrected chi connectivity index (χ0v) is 25.4. The van der Waals surface area contributed by atoms with Crippen LogP contribution in [-0.4, -0.2) is 83.8 Å². The average Bonchev–Trinajstić information content (AvgIpc) is 3.39. The van der Waals surface area contributed by atoms with Crippen LogP contribution in [0.2, 0.25) is 0 Å². The molecule has 226 valence electrons. The van der Waals surface area contributed by atoms with E-state index < -0.39 is 29.4 Å². The summed E-state index contributed by atoms with van der Waals surface area (Å²) in [5.41, 5.74) is -0.0987. The first-order valence-electron chi connectivity index (χ1n) is 14.9. The zero-order chi connectivity index (χ0) is 29.7. The predicted octanol–water partition coefficient (Wildman–Crippen LogP) is 4.07. The van der Waals surface area contributed by atoms with Gasteiger partial charge >= 0.3 is 6.09 Å². The first-order chi connectivity index (χ1) is 19.3. The third-order valence-corrected chi connectivity index (χ3v) is 8.94. The molecule has 1 aromatic carbocycles. The van der Waals surface area contributed by atoms with Crippen LogP contribution in [0, 0.1) is 11.8 Å². The Morgan fingerprint density at radius 3 is 2.61 bits per heavy atom. The lowest BCUT2D eigenvalue weighted by Gasteiger charge is -2.53. The van der Waals surface area contributed by atoms with Crippen molar-refractivity contribution in [1.82, 2.24) is 15.1 Å². The minimum absolute atomic E-state index is 0.0184. The summed E-state index contributed by atoms with van der Waals surface area (Å²) in [4.78, 5) is 42.9. The highest BCUT2D eigenvalue weighted by atomic mass is 16.6. The number of nitrogens with zero attached hydrogens (tertiary/aromatic N) is 2. The molecule has 41 heavy (non-hydrogen) atoms. The predicted molar refractivity (Wildman–Crippen MR) is 152 cm³/mol. The van der Waals surface area contributed by atoms with Crippen molar-refractivity contribution < 1.29 is 33.3 Å². The van der Waals surface area contributed by atoms with Crippen LogP contribution in [-0.2, 0) is 19.1 Å². The quantitative estimate of drug-likeness (QED) is 0.581. The molecule has 0 spiro atoms. The van der Waals surface area contributed by atoms with E-state index in [-0.39, 0.29) is 35.9 Å². The van der Waals surface area contributed by atoms with E-state index in [0.717, 1.165) is 30.6 Å². The van der Waals surface area contributed by atoms with E-state index in [1.807, 2.05) is 17.0 Å². The van der Waals surface area contributed by atoms with Gasteiger partial charge in [-0.15, -0.1) is 0 Å². The van der Waals surface area contributed by atoms with E-state index in [0.29, 0.717) is 31.8 Å². The van der Waals surface area contributed by atoms with Gasteiger partial charge in [0, 0.05) is 37.0 Å². The zero-order valence-electron chi connectivity index (χ0n) is 25.4. The fraction of sp³-hybridized carbons (Fsp3) is 0.710. The molecule has 0 aromatic heterocycles. The van der Waals surface area contributed by atoms with Crippen LogP contribution in [0.3, 0.4) is 0 Å². The van der Waals surface area contributed by atoms with Crippen LogP contribution in [0.15, 0.2) is 18.2 Å². The molecule has 3 amide bonds. The van der Waals surface area contributed by atoms with Gasteiger partial charge in [0.2, 0.25) is 11.8 Å². The maximum atomic E-state index is 13.8. The minimum Gasteiger partial charge on any atom is -0.493 e. The molecule has 0 saturated carbocycles. The van der Waals surface area contributed by atoms with E-state index in [1.54, 1.807) is 39.7 Å². The third kappa shape index (κ3) is 5.85. The van der Waals surface area contributed by atoms with Crippen LogP contribution in [0.25, 0.3) is 0 Å². The van der Waals surface area contributed by atoms with Gasteiger partial charge < -0.3 is 34.1 Å². The van der Waals surface area contributed by atoms with E-state index in [1.165, 1.54) is 0 Å². The molecule has 10 heteroatoms. The first-order valence-corrected chi connectivity index (χ1v) is 14.9. The SMILES string of the molecule is COc1cccc2c1OC(C)(C)[C@@H]1C[C@H]3CN(C(=O)[C@@H]4CCCN4C(=O)[C@@H](C)NC(=O)OC(C)(C)C)CC[C@H]3O[C@@H]21. The van der Waals surface area contributed by atoms with Gasteiger partial charge in [-0.05, 0) is 73.3 Å². The summed E-state index contributed by atoms with van der Waals surface area (Å²) in [6, 6.07) is 4.64. The Balaban J connectivity index is 1.25. The van der Waals surface area contributed by atoms with Crippen LogP contribution < -0.4 is 14.8 Å². The highest BCUT2D eigenvalue weighted by Crippen LogP contribution is 2.55. The van der Waals surface area contributed by atoms with Gasteiger partial charge in [-0.25, -0.2) is 4.79 Å². The summed E-state index contributed by atoms with van der Waals surface area (Å²) in [5.74, 6) is 1.50. The lowest BCUT2D eigenvalue weighted by molar-refractivity contribution is -0.190. The second kappa shape index (κ2) is 11.0. The van der Waals surface area contributed by atoms with Crippen molar-refractivity contribution in [3.05, 3.63) is 23.8 Å². The van der Waals surface area contributed by atoms with Gasteiger partial charge in [0.1, 0.15) is 23.3 Å². The average molecular weight is 572 g/mol. The van der Waals surface area contributed by atoms with Crippen LogP contribution in [0.1, 0.15) is 78.9 Å². The lowest BCUT2D eigenvalue weighted by Crippen LogP contribution is -2.58. The number of piperidine rings is 1. The molecule has 10 nitrogen and oxygen atoms in total. The van der Waals surface area contributed by atoms with Crippen LogP contribution >= 0.6 is 0 Å². The maximum Gasteiger partial charge on any atom is 0.408 e. The number of methoxy groups -OCH3 is 1. The molecule has 0 aliphatic carbocycles. The molecule has 5 rings (SSSR count). The van der Waals surface area contributed by atoms with Crippen molar-refractivity contribution in [2.24, 2.45) is 11.8 Å². The second-order valence-electron chi connectivity index (χ2n) is 13.4. The van der Waals surface area contributed by atoms with Crippen LogP contribution in [0.4, 0.5) is 4.79 Å². The summed E-state index contributed by atoms with van der Waals surface area (Å²) in [6.45, 7) is 12.8. The van der Waals surface area contributed by atoms with Gasteiger partial charge in [-0.2, -0.15) is 0 Å². The Morgan fingerprint density at radius 2 is 1.90 bits per heavy atom. The van der Waals surface area contributed by atoms with Gasteiger partial charge in [-0.1, -0.05) is 12.1 Å². The van der Waals surface area contributed by atoms with E-state index in [9.17, 15) is 14.4 Å². The van der Waals surface area contributed by atoms with Gasteiger partial charge in [-0.3, -0.25) is 9.59 Å². The van der Waals surface area contributed by atoms with Crippen molar-refractivity contribution in [1.29, 1.82) is 0 Å². The Labute approximate surface area is 243 Å². The van der Waals surface area contributed by atoms with Crippen molar-refractivity contribution in [3.63, 3.8) is 0 Å². The highest BCUT2D eigenvalue weighted by Gasteiger charge is 2.52. The topological polar surface area (TPSA) is 107 Å². The fourth-order valence-corrected chi connectivity index (χ4v) is 6.95. The lowest BCUT2D eigenvalue weighted by atomic mass is 9.70. The Kier molecular flexibility index (Phi) is 7.91. The molecule has 0 bridgehead atoms. The Morgan fingerprint density at radius 1 is 1.15 bits per heavy atom. The van der Waals surface area contributed by atoms with E-state index in [2.05, 4.69) is 25.2 Å². The summed E-state index contributed by atoms with van der Waals surface area (Å²) in [5, 5.41) is 2.62. The number of carbonyl (C=O) groups excluding carboxylic acids is 3. The molecular formula is C31H45N3O7. The molecule has 1 N–H and O–H groups in total. The number of amides is 3. The molecule has 0 unspecified atom stereocenters. The number of likely N-dealkylation sites (tertiary alicyclic amines) is 2. The van der Waals surface area contributed by atoms with Gasteiger partial charge in [0.25, 0.3) is 0 Å². The van der Waals surface area contributed by atoms with Crippen molar-refractivity contribution in [2.75, 3.05) is 26.7 Å². The molecule has 3 fully saturated rings. The normalized spacial score (nSPS) is 29.3. The molecule has 4 aliphatic heterocycles. The monoisotopic (exact) mass is 571 g/mol. The second-order valence-corrected chi connectivity index (χ2v) is 13.4. The molecule has 3 saturated heterocycles. The molecular weight excluding hydrogens is 526 g/mol. The molecule has 6 atom stereocenters. The number of alkyl carbamates (subject to hydrolysis) is 1. The van der Waals surface area contributed by atoms with Crippen molar-refractivity contribution in [2.45, 2.75) is 103 Å². The number of hydrogen-bond acceptors (Lipinski definition) is 7. The highest BCUT2D eigenvalue weighted by molar-refractivity contribution is 5.91. The summed E-state index contributed by atoms with van der Waals surface area (Å²) < 4.78 is 24.2. The fourth-order valence-electron chi connectivity index (χ4n) is 6.95. The number of rotatable bonds is 4. The Bertz CT molecular complexity index is 1180. The molecule has 4 heterocycles. The number of benzene rings is 1. The third-order valence-electron chi connectivity index (χ3n) is 8.94. The number of ether oxygens (including phenoxy) is 4. The van der Waals surface area contributed by atoms with Gasteiger partial charge in [0.05, 0.1) is 19.3 Å². The largest absolute Gasteiger partial charge is 0.493 e. The minimum atomic E-state index is -0.789. The van der Waals surface area contributed by atoms with Gasteiger partial charge in [0.15, 0.2) is 11.5 Å². The Hall–Kier alpha value is -3.01.